The number of hydrogen-bond donors (Lipinski definition) is 1. The van der Waals surface area contributed by atoms with E-state index in [0.29, 0.717) is 0 Å². The lowest BCUT2D eigenvalue weighted by atomic mass is 10.2. The first-order chi connectivity index (χ1) is 9.06. The Hall–Kier alpha value is -1.33. The van der Waals surface area contributed by atoms with Crippen LogP contribution in [0.25, 0.3) is 0 Å². The van der Waals surface area contributed by atoms with E-state index in [9.17, 15) is 4.79 Å². The van der Waals surface area contributed by atoms with Gasteiger partial charge in [-0.15, -0.1) is 0 Å². The molecule has 3 nitrogen and oxygen atoms in total. The van der Waals surface area contributed by atoms with Gasteiger partial charge in [-0.25, -0.2) is 4.98 Å². The second kappa shape index (κ2) is 6.21. The molecule has 0 amide bonds. The van der Waals surface area contributed by atoms with Crippen LogP contribution in [0.5, 0.6) is 0 Å². The zero-order valence-corrected chi connectivity index (χ0v) is 12.7. The summed E-state index contributed by atoms with van der Waals surface area (Å²) in [5.74, 6) is -0.816. The third-order valence-corrected chi connectivity index (χ3v) is 4.82. The molecule has 0 aliphatic heterocycles. The van der Waals surface area contributed by atoms with Crippen LogP contribution in [0.15, 0.2) is 50.9 Å². The van der Waals surface area contributed by atoms with Gasteiger partial charge in [0.2, 0.25) is 0 Å². The summed E-state index contributed by atoms with van der Waals surface area (Å²) >= 11 is 5.07. The van der Waals surface area contributed by atoms with Crippen LogP contribution >= 0.6 is 27.7 Å². The van der Waals surface area contributed by atoms with E-state index in [1.165, 1.54) is 0 Å². The summed E-state index contributed by atoms with van der Waals surface area (Å²) in [4.78, 5) is 16.0. The summed E-state index contributed by atoms with van der Waals surface area (Å²) in [7, 11) is 0. The number of aromatic nitrogens is 1. The summed E-state index contributed by atoms with van der Waals surface area (Å²) in [6, 6.07) is 9.45. The lowest BCUT2D eigenvalue weighted by Gasteiger charge is -2.06. The topological polar surface area (TPSA) is 50.2 Å². The van der Waals surface area contributed by atoms with E-state index in [2.05, 4.69) is 20.9 Å². The van der Waals surface area contributed by atoms with Crippen molar-refractivity contribution in [1.82, 2.24) is 4.98 Å². The Bertz CT molecular complexity index is 599. The van der Waals surface area contributed by atoms with E-state index in [0.717, 1.165) is 25.5 Å². The van der Waals surface area contributed by atoms with Gasteiger partial charge in [0.15, 0.2) is 0 Å². The smallest absolute Gasteiger partial charge is 0.307 e. The van der Waals surface area contributed by atoms with Crippen LogP contribution < -0.4 is 0 Å². The number of carboxylic acid groups (broad SMARTS) is 1. The lowest BCUT2D eigenvalue weighted by Crippen LogP contribution is -1.99. The summed E-state index contributed by atoms with van der Waals surface area (Å²) in [5.41, 5.74) is 1.94. The van der Waals surface area contributed by atoms with Crippen molar-refractivity contribution in [3.05, 3.63) is 52.1 Å². The molecular formula is C14H12BrNO2S. The fourth-order valence-electron chi connectivity index (χ4n) is 1.55. The van der Waals surface area contributed by atoms with E-state index >= 15 is 0 Å². The highest BCUT2D eigenvalue weighted by Gasteiger charge is 2.06. The highest BCUT2D eigenvalue weighted by atomic mass is 79.9. The molecule has 0 aliphatic carbocycles. The summed E-state index contributed by atoms with van der Waals surface area (Å²) in [5, 5.41) is 9.63. The van der Waals surface area contributed by atoms with Gasteiger partial charge in [-0.05, 0) is 52.2 Å². The average molecular weight is 338 g/mol. The summed E-state index contributed by atoms with van der Waals surface area (Å²) in [6.07, 6.45) is 1.83. The minimum absolute atomic E-state index is 0.0529. The number of halogens is 1. The van der Waals surface area contributed by atoms with Crippen molar-refractivity contribution in [2.45, 2.75) is 23.3 Å². The fourth-order valence-corrected chi connectivity index (χ4v) is 2.88. The van der Waals surface area contributed by atoms with Crippen LogP contribution in [-0.2, 0) is 11.2 Å². The van der Waals surface area contributed by atoms with Crippen LogP contribution in [0.3, 0.4) is 0 Å². The number of carboxylic acids is 1. The van der Waals surface area contributed by atoms with E-state index in [1.54, 1.807) is 18.0 Å². The molecule has 5 heteroatoms. The molecule has 2 rings (SSSR count). The molecule has 19 heavy (non-hydrogen) atoms. The van der Waals surface area contributed by atoms with Crippen molar-refractivity contribution in [2.75, 3.05) is 0 Å². The molecule has 98 valence electrons. The second-order valence-corrected chi connectivity index (χ2v) is 5.92. The molecule has 2 aromatic rings. The van der Waals surface area contributed by atoms with Gasteiger partial charge in [0, 0.05) is 11.1 Å². The van der Waals surface area contributed by atoms with E-state index < -0.39 is 5.97 Å². The molecule has 0 saturated carbocycles. The zero-order chi connectivity index (χ0) is 13.8. The van der Waals surface area contributed by atoms with Gasteiger partial charge in [-0.1, -0.05) is 23.9 Å². The Morgan fingerprint density at radius 1 is 1.32 bits per heavy atom. The normalized spacial score (nSPS) is 10.4. The Balaban J connectivity index is 2.15. The van der Waals surface area contributed by atoms with Crippen molar-refractivity contribution in [1.29, 1.82) is 0 Å². The van der Waals surface area contributed by atoms with Crippen LogP contribution in [0, 0.1) is 6.92 Å². The summed E-state index contributed by atoms with van der Waals surface area (Å²) in [6.45, 7) is 2.02. The molecule has 1 aromatic heterocycles. The van der Waals surface area contributed by atoms with Crippen molar-refractivity contribution < 1.29 is 9.90 Å². The van der Waals surface area contributed by atoms with Crippen molar-refractivity contribution in [3.63, 3.8) is 0 Å². The maximum absolute atomic E-state index is 10.6. The van der Waals surface area contributed by atoms with E-state index in [4.69, 9.17) is 5.11 Å². The van der Waals surface area contributed by atoms with Crippen LogP contribution in [0.4, 0.5) is 0 Å². The van der Waals surface area contributed by atoms with Gasteiger partial charge in [-0.2, -0.15) is 0 Å². The van der Waals surface area contributed by atoms with Crippen molar-refractivity contribution in [2.24, 2.45) is 0 Å². The molecule has 0 atom stereocenters. The lowest BCUT2D eigenvalue weighted by molar-refractivity contribution is -0.136. The number of benzene rings is 1. The van der Waals surface area contributed by atoms with E-state index in [-0.39, 0.29) is 6.42 Å². The number of nitrogens with zero attached hydrogens (tertiary/aromatic N) is 1. The first-order valence-electron chi connectivity index (χ1n) is 5.66. The Labute approximate surface area is 124 Å². The third kappa shape index (κ3) is 3.81. The van der Waals surface area contributed by atoms with Gasteiger partial charge in [-0.3, -0.25) is 4.79 Å². The third-order valence-electron chi connectivity index (χ3n) is 2.54. The average Bonchev–Trinajstić information content (AvgIpc) is 2.37. The first kappa shape index (κ1) is 14.1. The Morgan fingerprint density at radius 3 is 2.63 bits per heavy atom. The monoisotopic (exact) mass is 337 g/mol. The molecule has 0 bridgehead atoms. The van der Waals surface area contributed by atoms with Gasteiger partial charge in [0.1, 0.15) is 5.03 Å². The number of aliphatic carboxylic acids is 1. The predicted octanol–water partition coefficient (Wildman–Crippen LogP) is 3.93. The standard InChI is InChI=1S/C14H12BrNO2S/c1-9-6-7-16-14(13(9)15)19-11-4-2-10(3-5-11)8-12(17)18/h2-7H,8H2,1H3,(H,17,18). The number of aryl methyl sites for hydroxylation is 1. The number of rotatable bonds is 4. The van der Waals surface area contributed by atoms with Crippen LogP contribution in [0.1, 0.15) is 11.1 Å². The quantitative estimate of drug-likeness (QED) is 0.918. The minimum Gasteiger partial charge on any atom is -0.481 e. The predicted molar refractivity (Wildman–Crippen MR) is 78.6 cm³/mol. The van der Waals surface area contributed by atoms with Gasteiger partial charge in [0.05, 0.1) is 10.9 Å². The highest BCUT2D eigenvalue weighted by molar-refractivity contribution is 9.10. The molecule has 0 fully saturated rings. The number of pyridine rings is 1. The maximum Gasteiger partial charge on any atom is 0.307 e. The van der Waals surface area contributed by atoms with Crippen LogP contribution in [-0.4, -0.2) is 16.1 Å². The van der Waals surface area contributed by atoms with Gasteiger partial charge >= 0.3 is 5.97 Å². The molecule has 0 radical (unpaired) electrons. The Morgan fingerprint density at radius 2 is 2.00 bits per heavy atom. The fraction of sp³-hybridized carbons (Fsp3) is 0.143. The zero-order valence-electron chi connectivity index (χ0n) is 10.3. The molecule has 0 spiro atoms. The largest absolute Gasteiger partial charge is 0.481 e. The van der Waals surface area contributed by atoms with Crippen LogP contribution in [0.2, 0.25) is 0 Å². The molecule has 0 unspecified atom stereocenters. The molecule has 0 saturated heterocycles. The van der Waals surface area contributed by atoms with Gasteiger partial charge in [0.25, 0.3) is 0 Å². The SMILES string of the molecule is Cc1ccnc(Sc2ccc(CC(=O)O)cc2)c1Br. The summed E-state index contributed by atoms with van der Waals surface area (Å²) < 4.78 is 0.995. The maximum atomic E-state index is 10.6. The molecular weight excluding hydrogens is 326 g/mol. The number of carbonyl (C=O) groups is 1. The van der Waals surface area contributed by atoms with E-state index in [1.807, 2.05) is 37.3 Å². The Kier molecular flexibility index (Phi) is 4.61. The van der Waals surface area contributed by atoms with Gasteiger partial charge < -0.3 is 5.11 Å². The highest BCUT2D eigenvalue weighted by Crippen LogP contribution is 2.33. The first-order valence-corrected chi connectivity index (χ1v) is 7.27. The molecule has 1 aromatic carbocycles. The molecule has 0 aliphatic rings. The van der Waals surface area contributed by atoms with Crippen molar-refractivity contribution >= 4 is 33.7 Å². The number of hydrogen-bond acceptors (Lipinski definition) is 3. The molecule has 1 N–H and O–H groups in total. The second-order valence-electron chi connectivity index (χ2n) is 4.06. The van der Waals surface area contributed by atoms with Crippen molar-refractivity contribution in [3.8, 4) is 0 Å². The molecule has 1 heterocycles. The minimum atomic E-state index is -0.816.